The van der Waals surface area contributed by atoms with Gasteiger partial charge in [0, 0.05) is 28.4 Å². The lowest BCUT2D eigenvalue weighted by Gasteiger charge is -2.08. The van der Waals surface area contributed by atoms with Gasteiger partial charge in [-0.2, -0.15) is 0 Å². The summed E-state index contributed by atoms with van der Waals surface area (Å²) < 4.78 is 2.45. The Morgan fingerprint density at radius 2 is 1.54 bits per heavy atom. The summed E-state index contributed by atoms with van der Waals surface area (Å²) in [6.07, 6.45) is 1.04. The average molecular weight is 333 g/mol. The van der Waals surface area contributed by atoms with Crippen molar-refractivity contribution in [1.29, 1.82) is 0 Å². The van der Waals surface area contributed by atoms with Crippen LogP contribution in [-0.4, -0.2) is 4.57 Å². The Hall–Kier alpha value is -3.06. The molecule has 0 fully saturated rings. The van der Waals surface area contributed by atoms with E-state index in [0.717, 1.165) is 13.0 Å². The van der Waals surface area contributed by atoms with E-state index in [0.29, 0.717) is 0 Å². The van der Waals surface area contributed by atoms with E-state index in [-0.39, 0.29) is 0 Å². The summed E-state index contributed by atoms with van der Waals surface area (Å²) >= 11 is 0. The van der Waals surface area contributed by atoms with Crippen molar-refractivity contribution in [3.63, 3.8) is 0 Å². The molecule has 0 aliphatic heterocycles. The van der Waals surface area contributed by atoms with Crippen molar-refractivity contribution in [2.75, 3.05) is 0 Å². The molecule has 0 atom stereocenters. The van der Waals surface area contributed by atoms with Gasteiger partial charge in [0.1, 0.15) is 0 Å². The topological polar surface area (TPSA) is 4.93 Å². The van der Waals surface area contributed by atoms with Gasteiger partial charge in [0.2, 0.25) is 0 Å². The van der Waals surface area contributed by atoms with E-state index in [9.17, 15) is 0 Å². The lowest BCUT2D eigenvalue weighted by atomic mass is 9.97. The van der Waals surface area contributed by atoms with E-state index in [1.54, 1.807) is 0 Å². The first-order valence-corrected chi connectivity index (χ1v) is 9.40. The lowest BCUT2D eigenvalue weighted by Crippen LogP contribution is -1.93. The molecule has 6 rings (SSSR count). The monoisotopic (exact) mass is 333 g/mol. The van der Waals surface area contributed by atoms with Crippen LogP contribution < -0.4 is 0 Å². The number of aromatic nitrogens is 1. The van der Waals surface area contributed by atoms with E-state index >= 15 is 0 Å². The smallest absolute Gasteiger partial charge is 0.0494 e. The molecule has 4 aromatic carbocycles. The lowest BCUT2D eigenvalue weighted by molar-refractivity contribution is 0.827. The molecule has 0 unspecified atom stereocenters. The molecule has 0 saturated heterocycles. The molecule has 124 valence electrons. The highest BCUT2D eigenvalue weighted by atomic mass is 15.0. The van der Waals surface area contributed by atoms with Gasteiger partial charge in [0.25, 0.3) is 0 Å². The van der Waals surface area contributed by atoms with Gasteiger partial charge in [-0.1, -0.05) is 54.6 Å². The maximum Gasteiger partial charge on any atom is 0.0494 e. The zero-order valence-corrected chi connectivity index (χ0v) is 14.8. The molecule has 0 saturated carbocycles. The van der Waals surface area contributed by atoms with Gasteiger partial charge in [0.05, 0.1) is 0 Å². The second-order valence-electron chi connectivity index (χ2n) is 7.29. The summed E-state index contributed by atoms with van der Waals surface area (Å²) in [4.78, 5) is 0. The molecule has 0 amide bonds. The number of nitrogens with zero attached hydrogens (tertiary/aromatic N) is 1. The number of fused-ring (bicyclic) bond motifs is 8. The quantitative estimate of drug-likeness (QED) is 0.322. The Kier molecular flexibility index (Phi) is 2.71. The van der Waals surface area contributed by atoms with E-state index in [1.165, 1.54) is 54.8 Å². The summed E-state index contributed by atoms with van der Waals surface area (Å²) in [7, 11) is 0. The minimum atomic E-state index is 0.999. The number of rotatable bonds is 1. The Morgan fingerprint density at radius 1 is 0.731 bits per heavy atom. The van der Waals surface area contributed by atoms with Crippen LogP contribution >= 0.6 is 0 Å². The highest BCUT2D eigenvalue weighted by molar-refractivity contribution is 6.12. The van der Waals surface area contributed by atoms with Crippen molar-refractivity contribution < 1.29 is 0 Å². The number of hydrogen-bond donors (Lipinski definition) is 0. The van der Waals surface area contributed by atoms with Crippen LogP contribution in [0.5, 0.6) is 0 Å². The molecular weight excluding hydrogens is 314 g/mol. The first-order valence-electron chi connectivity index (χ1n) is 9.40. The zero-order valence-electron chi connectivity index (χ0n) is 14.8. The van der Waals surface area contributed by atoms with E-state index in [1.807, 2.05) is 0 Å². The number of para-hydroxylation sites is 1. The Bertz CT molecular complexity index is 1340. The third-order valence-electron chi connectivity index (χ3n) is 5.98. The van der Waals surface area contributed by atoms with Crippen LogP contribution in [-0.2, 0) is 13.0 Å². The summed E-state index contributed by atoms with van der Waals surface area (Å²) in [5, 5.41) is 5.44. The molecule has 0 bridgehead atoms. The van der Waals surface area contributed by atoms with Gasteiger partial charge < -0.3 is 4.57 Å². The maximum absolute atomic E-state index is 2.45. The minimum absolute atomic E-state index is 0.999. The molecule has 0 radical (unpaired) electrons. The van der Waals surface area contributed by atoms with Crippen LogP contribution in [0.15, 0.2) is 72.8 Å². The van der Waals surface area contributed by atoms with Crippen molar-refractivity contribution in [2.24, 2.45) is 0 Å². The van der Waals surface area contributed by atoms with Crippen molar-refractivity contribution in [3.05, 3.63) is 83.9 Å². The van der Waals surface area contributed by atoms with Crippen LogP contribution in [0.2, 0.25) is 0 Å². The first-order chi connectivity index (χ1) is 12.8. The van der Waals surface area contributed by atoms with Crippen molar-refractivity contribution >= 4 is 32.6 Å². The molecule has 1 nitrogen and oxygen atoms in total. The number of aryl methyl sites for hydroxylation is 1. The summed E-state index contributed by atoms with van der Waals surface area (Å²) in [5.74, 6) is 0. The van der Waals surface area contributed by atoms with Crippen LogP contribution in [0, 0.1) is 0 Å². The van der Waals surface area contributed by atoms with Gasteiger partial charge in [-0.15, -0.1) is 0 Å². The average Bonchev–Trinajstić information content (AvgIpc) is 3.21. The van der Waals surface area contributed by atoms with Crippen LogP contribution in [0.25, 0.3) is 43.7 Å². The zero-order chi connectivity index (χ0) is 17.3. The molecule has 0 spiro atoms. The number of hydrogen-bond acceptors (Lipinski definition) is 0. The molecule has 1 aliphatic carbocycles. The summed E-state index contributed by atoms with van der Waals surface area (Å²) in [6, 6.07) is 27.0. The van der Waals surface area contributed by atoms with Gasteiger partial charge in [-0.3, -0.25) is 0 Å². The second-order valence-corrected chi connectivity index (χ2v) is 7.29. The van der Waals surface area contributed by atoms with Crippen LogP contribution in [0.3, 0.4) is 0 Å². The highest BCUT2D eigenvalue weighted by Crippen LogP contribution is 2.44. The second kappa shape index (κ2) is 4.98. The molecular formula is C25H19N. The predicted molar refractivity (Wildman–Crippen MR) is 111 cm³/mol. The molecule has 1 aliphatic rings. The van der Waals surface area contributed by atoms with Crippen LogP contribution in [0.1, 0.15) is 18.1 Å². The Morgan fingerprint density at radius 3 is 2.42 bits per heavy atom. The normalized spacial score (nSPS) is 12.8. The fourth-order valence-electron chi connectivity index (χ4n) is 4.84. The molecule has 1 heterocycles. The largest absolute Gasteiger partial charge is 0.341 e. The molecule has 1 heteroatoms. The van der Waals surface area contributed by atoms with Gasteiger partial charge in [-0.25, -0.2) is 0 Å². The maximum atomic E-state index is 2.45. The van der Waals surface area contributed by atoms with Crippen LogP contribution in [0.4, 0.5) is 0 Å². The first kappa shape index (κ1) is 14.1. The fraction of sp³-hybridized carbons (Fsp3) is 0.120. The molecule has 1 aromatic heterocycles. The van der Waals surface area contributed by atoms with Crippen molar-refractivity contribution in [2.45, 2.75) is 19.9 Å². The SMILES string of the molecule is CCn1c2ccccc2c2cc3c(cc21)Cc1ccc2ccccc2c1-3. The Balaban J connectivity index is 1.76. The minimum Gasteiger partial charge on any atom is -0.341 e. The fourth-order valence-corrected chi connectivity index (χ4v) is 4.84. The molecule has 26 heavy (non-hydrogen) atoms. The van der Waals surface area contributed by atoms with Gasteiger partial charge in [-0.05, 0) is 64.6 Å². The van der Waals surface area contributed by atoms with Crippen molar-refractivity contribution in [3.8, 4) is 11.1 Å². The predicted octanol–water partition coefficient (Wildman–Crippen LogP) is 6.54. The summed E-state index contributed by atoms with van der Waals surface area (Å²) in [6.45, 7) is 3.24. The standard InChI is InChI=1S/C25H19N/c1-2-26-23-10-6-5-9-20(23)22-15-21-18(14-24(22)26)13-17-12-11-16-7-3-4-8-19(16)25(17)21/h3-12,14-15H,2,13H2,1H3. The molecule has 0 N–H and O–H groups in total. The third-order valence-corrected chi connectivity index (χ3v) is 5.98. The highest BCUT2D eigenvalue weighted by Gasteiger charge is 2.23. The summed E-state index contributed by atoms with van der Waals surface area (Å²) in [5.41, 5.74) is 8.48. The van der Waals surface area contributed by atoms with E-state index in [4.69, 9.17) is 0 Å². The number of benzene rings is 4. The third kappa shape index (κ3) is 1.70. The van der Waals surface area contributed by atoms with Gasteiger partial charge in [0.15, 0.2) is 0 Å². The van der Waals surface area contributed by atoms with Crippen molar-refractivity contribution in [1.82, 2.24) is 4.57 Å². The van der Waals surface area contributed by atoms with E-state index < -0.39 is 0 Å². The van der Waals surface area contributed by atoms with E-state index in [2.05, 4.69) is 84.3 Å². The Labute approximate surface area is 152 Å². The van der Waals surface area contributed by atoms with Gasteiger partial charge >= 0.3 is 0 Å². The molecule has 5 aromatic rings.